The van der Waals surface area contributed by atoms with Crippen molar-refractivity contribution in [2.24, 2.45) is 0 Å². The van der Waals surface area contributed by atoms with Crippen LogP contribution >= 0.6 is 11.6 Å². The largest absolute Gasteiger partial charge is 0.467 e. The third kappa shape index (κ3) is 2.05. The molecule has 3 rings (SSSR count). The molecule has 1 N–H and O–H groups in total. The molecule has 0 unspecified atom stereocenters. The van der Waals surface area contributed by atoms with Crippen molar-refractivity contribution in [2.45, 2.75) is 6.54 Å². The Balaban J connectivity index is 1.94. The number of aromatic nitrogens is 1. The molecule has 1 aromatic carbocycles. The van der Waals surface area contributed by atoms with E-state index < -0.39 is 0 Å². The first kappa shape index (κ1) is 11.1. The van der Waals surface area contributed by atoms with Crippen LogP contribution in [0, 0.1) is 0 Å². The van der Waals surface area contributed by atoms with E-state index in [1.54, 1.807) is 12.5 Å². The zero-order valence-electron chi connectivity index (χ0n) is 9.56. The molecule has 3 nitrogen and oxygen atoms in total. The van der Waals surface area contributed by atoms with Crippen molar-refractivity contribution in [2.75, 3.05) is 5.32 Å². The van der Waals surface area contributed by atoms with Crippen molar-refractivity contribution >= 4 is 28.2 Å². The minimum Gasteiger partial charge on any atom is -0.467 e. The van der Waals surface area contributed by atoms with Gasteiger partial charge in [-0.1, -0.05) is 11.6 Å². The Morgan fingerprint density at radius 1 is 1.17 bits per heavy atom. The Hall–Kier alpha value is -2.00. The predicted octanol–water partition coefficient (Wildman–Crippen LogP) is 4.09. The number of hydrogen-bond donors (Lipinski definition) is 1. The Labute approximate surface area is 109 Å². The van der Waals surface area contributed by atoms with Gasteiger partial charge in [0.1, 0.15) is 5.76 Å². The molecule has 0 aliphatic rings. The van der Waals surface area contributed by atoms with Gasteiger partial charge < -0.3 is 9.73 Å². The van der Waals surface area contributed by atoms with E-state index in [2.05, 4.69) is 10.3 Å². The van der Waals surface area contributed by atoms with Gasteiger partial charge in [-0.3, -0.25) is 4.98 Å². The Kier molecular flexibility index (Phi) is 2.90. The standard InChI is InChI=1S/C14H11ClN2O/c15-12-5-6-13(11-4-1-7-16-14(11)12)17-9-10-3-2-8-18-10/h1-8,17H,9H2. The maximum absolute atomic E-state index is 6.12. The lowest BCUT2D eigenvalue weighted by Gasteiger charge is -2.09. The van der Waals surface area contributed by atoms with Crippen molar-refractivity contribution in [1.82, 2.24) is 4.98 Å². The van der Waals surface area contributed by atoms with Crippen LogP contribution in [0.1, 0.15) is 5.76 Å². The molecule has 0 saturated heterocycles. The summed E-state index contributed by atoms with van der Waals surface area (Å²) in [6, 6.07) is 11.5. The van der Waals surface area contributed by atoms with Crippen LogP contribution < -0.4 is 5.32 Å². The monoisotopic (exact) mass is 258 g/mol. The molecule has 0 fully saturated rings. The molecule has 90 valence electrons. The summed E-state index contributed by atoms with van der Waals surface area (Å²) in [6.07, 6.45) is 3.41. The number of pyridine rings is 1. The molecule has 0 atom stereocenters. The number of benzene rings is 1. The van der Waals surface area contributed by atoms with E-state index >= 15 is 0 Å². The van der Waals surface area contributed by atoms with Crippen LogP contribution in [0.15, 0.2) is 53.3 Å². The highest BCUT2D eigenvalue weighted by Crippen LogP contribution is 2.28. The van der Waals surface area contributed by atoms with Gasteiger partial charge in [-0.2, -0.15) is 0 Å². The first-order valence-corrected chi connectivity index (χ1v) is 6.02. The summed E-state index contributed by atoms with van der Waals surface area (Å²) < 4.78 is 5.29. The fourth-order valence-electron chi connectivity index (χ4n) is 1.89. The van der Waals surface area contributed by atoms with Crippen molar-refractivity contribution in [1.29, 1.82) is 0 Å². The molecule has 0 aliphatic heterocycles. The summed E-state index contributed by atoms with van der Waals surface area (Å²) in [5.41, 5.74) is 1.81. The van der Waals surface area contributed by atoms with E-state index in [4.69, 9.17) is 16.0 Å². The summed E-state index contributed by atoms with van der Waals surface area (Å²) in [5, 5.41) is 5.00. The van der Waals surface area contributed by atoms with E-state index in [1.165, 1.54) is 0 Å². The SMILES string of the molecule is Clc1ccc(NCc2ccco2)c2cccnc12. The summed E-state index contributed by atoms with van der Waals surface area (Å²) in [4.78, 5) is 4.29. The zero-order valence-corrected chi connectivity index (χ0v) is 10.3. The fraction of sp³-hybridized carbons (Fsp3) is 0.0714. The molecule has 0 radical (unpaired) electrons. The number of hydrogen-bond acceptors (Lipinski definition) is 3. The van der Waals surface area contributed by atoms with Gasteiger partial charge in [0.15, 0.2) is 0 Å². The normalized spacial score (nSPS) is 10.7. The van der Waals surface area contributed by atoms with Crippen LogP contribution in [-0.4, -0.2) is 4.98 Å². The highest BCUT2D eigenvalue weighted by Gasteiger charge is 2.05. The highest BCUT2D eigenvalue weighted by atomic mass is 35.5. The number of halogens is 1. The Bertz CT molecular complexity index is 665. The molecule has 0 amide bonds. The van der Waals surface area contributed by atoms with Gasteiger partial charge in [0.25, 0.3) is 0 Å². The number of fused-ring (bicyclic) bond motifs is 1. The summed E-state index contributed by atoms with van der Waals surface area (Å²) in [6.45, 7) is 0.638. The van der Waals surface area contributed by atoms with Crippen LogP contribution in [0.5, 0.6) is 0 Å². The van der Waals surface area contributed by atoms with Crippen molar-refractivity contribution in [3.8, 4) is 0 Å². The molecule has 0 spiro atoms. The van der Waals surface area contributed by atoms with E-state index in [9.17, 15) is 0 Å². The molecule has 4 heteroatoms. The van der Waals surface area contributed by atoms with Crippen molar-refractivity contribution < 1.29 is 4.42 Å². The minimum atomic E-state index is 0.638. The summed E-state index contributed by atoms with van der Waals surface area (Å²) in [5.74, 6) is 0.891. The minimum absolute atomic E-state index is 0.638. The fourth-order valence-corrected chi connectivity index (χ4v) is 2.10. The van der Waals surface area contributed by atoms with Crippen LogP contribution in [0.2, 0.25) is 5.02 Å². The smallest absolute Gasteiger partial charge is 0.122 e. The lowest BCUT2D eigenvalue weighted by Crippen LogP contribution is -1.99. The summed E-state index contributed by atoms with van der Waals surface area (Å²) in [7, 11) is 0. The average molecular weight is 259 g/mol. The van der Waals surface area contributed by atoms with E-state index in [-0.39, 0.29) is 0 Å². The lowest BCUT2D eigenvalue weighted by molar-refractivity contribution is 0.518. The maximum Gasteiger partial charge on any atom is 0.122 e. The molecule has 0 bridgehead atoms. The van der Waals surface area contributed by atoms with Gasteiger partial charge in [0.05, 0.1) is 23.3 Å². The van der Waals surface area contributed by atoms with E-state index in [0.717, 1.165) is 22.4 Å². The van der Waals surface area contributed by atoms with Gasteiger partial charge >= 0.3 is 0 Å². The molecule has 2 aromatic heterocycles. The zero-order chi connectivity index (χ0) is 12.4. The van der Waals surface area contributed by atoms with Crippen molar-refractivity contribution in [3.63, 3.8) is 0 Å². The van der Waals surface area contributed by atoms with Crippen LogP contribution in [0.25, 0.3) is 10.9 Å². The molecular weight excluding hydrogens is 248 g/mol. The molecule has 0 aliphatic carbocycles. The molecule has 18 heavy (non-hydrogen) atoms. The number of furan rings is 1. The number of nitrogens with zero attached hydrogens (tertiary/aromatic N) is 1. The van der Waals surface area contributed by atoms with Crippen molar-refractivity contribution in [3.05, 3.63) is 59.6 Å². The molecule has 0 saturated carbocycles. The first-order valence-electron chi connectivity index (χ1n) is 5.64. The van der Waals surface area contributed by atoms with Crippen LogP contribution in [0.3, 0.4) is 0 Å². The molecule has 3 aromatic rings. The second-order valence-electron chi connectivity index (χ2n) is 3.93. The number of rotatable bonds is 3. The van der Waals surface area contributed by atoms with Crippen LogP contribution in [-0.2, 0) is 6.54 Å². The molecule has 2 heterocycles. The maximum atomic E-state index is 6.12. The third-order valence-corrected chi connectivity index (χ3v) is 3.06. The van der Waals surface area contributed by atoms with Gasteiger partial charge in [0, 0.05) is 17.3 Å². The topological polar surface area (TPSA) is 38.1 Å². The molecular formula is C14H11ClN2O. The highest BCUT2D eigenvalue weighted by molar-refractivity contribution is 6.35. The number of nitrogens with one attached hydrogen (secondary N) is 1. The van der Waals surface area contributed by atoms with Gasteiger partial charge in [-0.25, -0.2) is 0 Å². The second kappa shape index (κ2) is 4.70. The Morgan fingerprint density at radius 2 is 2.11 bits per heavy atom. The van der Waals surface area contributed by atoms with Crippen LogP contribution in [0.4, 0.5) is 5.69 Å². The van der Waals surface area contributed by atoms with E-state index in [1.807, 2.05) is 36.4 Å². The lowest BCUT2D eigenvalue weighted by atomic mass is 10.2. The van der Waals surface area contributed by atoms with Gasteiger partial charge in [-0.15, -0.1) is 0 Å². The predicted molar refractivity (Wildman–Crippen MR) is 72.8 cm³/mol. The average Bonchev–Trinajstić information content (AvgIpc) is 2.92. The Morgan fingerprint density at radius 3 is 2.94 bits per heavy atom. The van der Waals surface area contributed by atoms with Gasteiger partial charge in [-0.05, 0) is 36.4 Å². The van der Waals surface area contributed by atoms with E-state index in [0.29, 0.717) is 11.6 Å². The quantitative estimate of drug-likeness (QED) is 0.769. The summed E-state index contributed by atoms with van der Waals surface area (Å²) >= 11 is 6.12. The first-order chi connectivity index (χ1) is 8.84. The second-order valence-corrected chi connectivity index (χ2v) is 4.33. The van der Waals surface area contributed by atoms with Gasteiger partial charge in [0.2, 0.25) is 0 Å². The third-order valence-electron chi connectivity index (χ3n) is 2.75. The number of anilines is 1.